The van der Waals surface area contributed by atoms with Crippen molar-refractivity contribution in [3.63, 3.8) is 0 Å². The molecule has 0 aliphatic rings. The lowest BCUT2D eigenvalue weighted by atomic mass is 10.2. The largest absolute Gasteiger partial charge is 0.217 e. The first-order valence-electron chi connectivity index (χ1n) is 4.76. The molecule has 0 atom stereocenters. The molecule has 15 heavy (non-hydrogen) atoms. The lowest BCUT2D eigenvalue weighted by molar-refractivity contribution is 0.766. The molecule has 2 aromatic rings. The van der Waals surface area contributed by atoms with Crippen molar-refractivity contribution < 1.29 is 0 Å². The van der Waals surface area contributed by atoms with Crippen molar-refractivity contribution in [3.8, 4) is 5.82 Å². The molecule has 2 aromatic heterocycles. The number of nitrogens with zero attached hydrogens (tertiary/aromatic N) is 4. The molecule has 0 saturated carbocycles. The van der Waals surface area contributed by atoms with Gasteiger partial charge >= 0.3 is 0 Å². The number of aromatic nitrogens is 4. The first-order chi connectivity index (χ1) is 7.36. The van der Waals surface area contributed by atoms with Crippen molar-refractivity contribution in [2.24, 2.45) is 0 Å². The summed E-state index contributed by atoms with van der Waals surface area (Å²) in [5.74, 6) is 0.765. The van der Waals surface area contributed by atoms with E-state index in [0.717, 1.165) is 17.6 Å². The standard InChI is InChI=1S/C10H11BrN4/c1-2-9-8(6-11)7-13-15(9)10-4-3-5-12-14-10/h3-5,7H,2,6H2,1H3. The molecule has 0 bridgehead atoms. The Balaban J connectivity index is 2.49. The van der Waals surface area contributed by atoms with Crippen molar-refractivity contribution >= 4 is 15.9 Å². The summed E-state index contributed by atoms with van der Waals surface area (Å²) in [6.45, 7) is 2.11. The smallest absolute Gasteiger partial charge is 0.175 e. The van der Waals surface area contributed by atoms with Crippen LogP contribution in [0.2, 0.25) is 0 Å². The molecule has 0 unspecified atom stereocenters. The van der Waals surface area contributed by atoms with Gasteiger partial charge < -0.3 is 0 Å². The van der Waals surface area contributed by atoms with Gasteiger partial charge in [-0.1, -0.05) is 22.9 Å². The molecule has 0 aromatic carbocycles. The number of rotatable bonds is 3. The molecule has 2 rings (SSSR count). The third-order valence-corrected chi connectivity index (χ3v) is 2.81. The highest BCUT2D eigenvalue weighted by molar-refractivity contribution is 9.08. The Hall–Kier alpha value is -1.23. The second kappa shape index (κ2) is 4.53. The molecule has 0 radical (unpaired) electrons. The third kappa shape index (κ3) is 1.92. The minimum absolute atomic E-state index is 0.765. The topological polar surface area (TPSA) is 43.6 Å². The van der Waals surface area contributed by atoms with E-state index in [9.17, 15) is 0 Å². The van der Waals surface area contributed by atoms with Crippen LogP contribution in [0, 0.1) is 0 Å². The van der Waals surface area contributed by atoms with Gasteiger partial charge in [0, 0.05) is 22.8 Å². The van der Waals surface area contributed by atoms with Crippen LogP contribution in [0.4, 0.5) is 0 Å². The van der Waals surface area contributed by atoms with E-state index in [0.29, 0.717) is 0 Å². The van der Waals surface area contributed by atoms with Crippen molar-refractivity contribution in [2.45, 2.75) is 18.7 Å². The van der Waals surface area contributed by atoms with E-state index in [4.69, 9.17) is 0 Å². The van der Waals surface area contributed by atoms with E-state index in [-0.39, 0.29) is 0 Å². The van der Waals surface area contributed by atoms with Gasteiger partial charge in [0.15, 0.2) is 5.82 Å². The second-order valence-corrected chi connectivity index (χ2v) is 3.66. The van der Waals surface area contributed by atoms with Gasteiger partial charge in [0.25, 0.3) is 0 Å². The summed E-state index contributed by atoms with van der Waals surface area (Å²) in [5, 5.41) is 13.0. The zero-order valence-electron chi connectivity index (χ0n) is 8.39. The molecule has 0 amide bonds. The quantitative estimate of drug-likeness (QED) is 0.800. The van der Waals surface area contributed by atoms with Crippen molar-refractivity contribution in [3.05, 3.63) is 35.8 Å². The van der Waals surface area contributed by atoms with E-state index in [1.807, 2.05) is 23.0 Å². The SMILES string of the molecule is CCc1c(CBr)cnn1-c1cccnn1. The summed E-state index contributed by atoms with van der Waals surface area (Å²) in [6.07, 6.45) is 4.45. The minimum Gasteiger partial charge on any atom is -0.217 e. The third-order valence-electron chi connectivity index (χ3n) is 2.21. The summed E-state index contributed by atoms with van der Waals surface area (Å²) in [4.78, 5) is 0. The summed E-state index contributed by atoms with van der Waals surface area (Å²) in [5.41, 5.74) is 2.37. The van der Waals surface area contributed by atoms with Gasteiger partial charge in [-0.3, -0.25) is 0 Å². The maximum absolute atomic E-state index is 4.31. The Bertz CT molecular complexity index is 438. The fourth-order valence-corrected chi connectivity index (χ4v) is 1.97. The molecular weight excluding hydrogens is 256 g/mol. The lowest BCUT2D eigenvalue weighted by Gasteiger charge is -2.04. The minimum atomic E-state index is 0.765. The van der Waals surface area contributed by atoms with Crippen LogP contribution < -0.4 is 0 Å². The molecule has 0 aliphatic carbocycles. The molecular formula is C10H11BrN4. The van der Waals surface area contributed by atoms with Crippen LogP contribution >= 0.6 is 15.9 Å². The molecule has 2 heterocycles. The van der Waals surface area contributed by atoms with Gasteiger partial charge in [-0.2, -0.15) is 10.2 Å². The maximum Gasteiger partial charge on any atom is 0.175 e. The number of halogens is 1. The Labute approximate surface area is 96.5 Å². The Morgan fingerprint density at radius 1 is 1.47 bits per heavy atom. The molecule has 5 heteroatoms. The van der Waals surface area contributed by atoms with Crippen molar-refractivity contribution in [1.29, 1.82) is 0 Å². The van der Waals surface area contributed by atoms with E-state index >= 15 is 0 Å². The van der Waals surface area contributed by atoms with Gasteiger partial charge in [-0.25, -0.2) is 4.68 Å². The average molecular weight is 267 g/mol. The van der Waals surface area contributed by atoms with E-state index in [1.54, 1.807) is 6.20 Å². The number of hydrogen-bond acceptors (Lipinski definition) is 3. The Morgan fingerprint density at radius 3 is 2.93 bits per heavy atom. The lowest BCUT2D eigenvalue weighted by Crippen LogP contribution is -2.05. The molecule has 4 nitrogen and oxygen atoms in total. The van der Waals surface area contributed by atoms with Crippen LogP contribution in [0.3, 0.4) is 0 Å². The van der Waals surface area contributed by atoms with Crippen LogP contribution in [-0.4, -0.2) is 20.0 Å². The first-order valence-corrected chi connectivity index (χ1v) is 5.88. The zero-order valence-corrected chi connectivity index (χ0v) is 9.98. The summed E-state index contributed by atoms with van der Waals surface area (Å²) in [7, 11) is 0. The summed E-state index contributed by atoms with van der Waals surface area (Å²) in [6, 6.07) is 3.76. The zero-order chi connectivity index (χ0) is 10.7. The molecule has 0 N–H and O–H groups in total. The highest BCUT2D eigenvalue weighted by atomic mass is 79.9. The fourth-order valence-electron chi connectivity index (χ4n) is 1.50. The van der Waals surface area contributed by atoms with E-state index < -0.39 is 0 Å². The van der Waals surface area contributed by atoms with Crippen molar-refractivity contribution in [2.75, 3.05) is 0 Å². The Morgan fingerprint density at radius 2 is 2.33 bits per heavy atom. The maximum atomic E-state index is 4.31. The predicted molar refractivity (Wildman–Crippen MR) is 61.2 cm³/mol. The second-order valence-electron chi connectivity index (χ2n) is 3.10. The highest BCUT2D eigenvalue weighted by Gasteiger charge is 2.09. The monoisotopic (exact) mass is 266 g/mol. The first kappa shape index (κ1) is 10.3. The van der Waals surface area contributed by atoms with Gasteiger partial charge in [0.05, 0.1) is 6.20 Å². The highest BCUT2D eigenvalue weighted by Crippen LogP contribution is 2.15. The van der Waals surface area contributed by atoms with E-state index in [2.05, 4.69) is 38.1 Å². The normalized spacial score (nSPS) is 10.5. The van der Waals surface area contributed by atoms with E-state index in [1.165, 1.54) is 11.3 Å². The number of hydrogen-bond donors (Lipinski definition) is 0. The number of alkyl halides is 1. The van der Waals surface area contributed by atoms with Crippen LogP contribution in [-0.2, 0) is 11.8 Å². The molecule has 0 saturated heterocycles. The molecule has 0 fully saturated rings. The summed E-state index contributed by atoms with van der Waals surface area (Å²) < 4.78 is 1.84. The fraction of sp³-hybridized carbons (Fsp3) is 0.300. The molecule has 0 aliphatic heterocycles. The van der Waals surface area contributed by atoms with Crippen LogP contribution in [0.15, 0.2) is 24.5 Å². The van der Waals surface area contributed by atoms with Crippen LogP contribution in [0.25, 0.3) is 5.82 Å². The van der Waals surface area contributed by atoms with Gasteiger partial charge in [0.2, 0.25) is 0 Å². The van der Waals surface area contributed by atoms with Crippen molar-refractivity contribution in [1.82, 2.24) is 20.0 Å². The average Bonchev–Trinajstić information content (AvgIpc) is 2.72. The van der Waals surface area contributed by atoms with Crippen LogP contribution in [0.1, 0.15) is 18.2 Å². The van der Waals surface area contributed by atoms with Crippen LogP contribution in [0.5, 0.6) is 0 Å². The molecule has 78 valence electrons. The Kier molecular flexibility index (Phi) is 3.11. The summed E-state index contributed by atoms with van der Waals surface area (Å²) >= 11 is 3.45. The van der Waals surface area contributed by atoms with Gasteiger partial charge in [-0.05, 0) is 18.6 Å². The predicted octanol–water partition coefficient (Wildman–Crippen LogP) is 2.12. The van der Waals surface area contributed by atoms with Gasteiger partial charge in [0.1, 0.15) is 0 Å². The van der Waals surface area contributed by atoms with Gasteiger partial charge in [-0.15, -0.1) is 5.10 Å². The molecule has 0 spiro atoms.